The molecular weight excluding hydrogens is 270 g/mol. The molecule has 0 radical (unpaired) electrons. The predicted octanol–water partition coefficient (Wildman–Crippen LogP) is 2.02. The molecule has 8 heteroatoms. The molecule has 0 bridgehead atoms. The fourth-order valence-electron chi connectivity index (χ4n) is 1.55. The van der Waals surface area contributed by atoms with Gasteiger partial charge in [-0.15, -0.1) is 5.10 Å². The number of benzene rings is 1. The van der Waals surface area contributed by atoms with Gasteiger partial charge in [-0.3, -0.25) is 10.1 Å². The van der Waals surface area contributed by atoms with Gasteiger partial charge in [0.05, 0.1) is 21.7 Å². The van der Waals surface area contributed by atoms with Crippen molar-refractivity contribution < 1.29 is 4.92 Å². The van der Waals surface area contributed by atoms with Crippen LogP contribution in [0.4, 0.5) is 5.69 Å². The fraction of sp³-hybridized carbons (Fsp3) is 0.273. The summed E-state index contributed by atoms with van der Waals surface area (Å²) in [5.41, 5.74) is 5.77. The van der Waals surface area contributed by atoms with Crippen molar-refractivity contribution >= 4 is 17.3 Å². The van der Waals surface area contributed by atoms with Crippen LogP contribution >= 0.6 is 11.6 Å². The molecule has 2 aromatic rings. The summed E-state index contributed by atoms with van der Waals surface area (Å²) >= 11 is 6.01. The molecule has 19 heavy (non-hydrogen) atoms. The van der Waals surface area contributed by atoms with E-state index in [1.54, 1.807) is 19.9 Å². The van der Waals surface area contributed by atoms with Gasteiger partial charge in [-0.25, -0.2) is 4.68 Å². The Morgan fingerprint density at radius 2 is 2.16 bits per heavy atom. The van der Waals surface area contributed by atoms with Gasteiger partial charge in [0, 0.05) is 6.07 Å². The van der Waals surface area contributed by atoms with Gasteiger partial charge in [0.1, 0.15) is 5.69 Å². The third-order valence-electron chi connectivity index (χ3n) is 2.54. The highest BCUT2D eigenvalue weighted by Crippen LogP contribution is 2.30. The SMILES string of the molecule is CC(C)(N)c1cn(-c2c(Cl)cccc2[N+](=O)[O-])nn1. The third kappa shape index (κ3) is 2.56. The van der Waals surface area contributed by atoms with Crippen molar-refractivity contribution in [2.45, 2.75) is 19.4 Å². The second-order valence-corrected chi connectivity index (χ2v) is 5.04. The van der Waals surface area contributed by atoms with Crippen molar-refractivity contribution in [3.8, 4) is 5.69 Å². The van der Waals surface area contributed by atoms with Gasteiger partial charge < -0.3 is 5.73 Å². The molecule has 0 spiro atoms. The number of nitro groups is 1. The van der Waals surface area contributed by atoms with Gasteiger partial charge in [0.25, 0.3) is 5.69 Å². The van der Waals surface area contributed by atoms with E-state index in [9.17, 15) is 10.1 Å². The van der Waals surface area contributed by atoms with Crippen LogP contribution < -0.4 is 5.73 Å². The monoisotopic (exact) mass is 281 g/mol. The van der Waals surface area contributed by atoms with E-state index < -0.39 is 10.5 Å². The molecule has 1 aromatic carbocycles. The summed E-state index contributed by atoms with van der Waals surface area (Å²) in [4.78, 5) is 10.5. The van der Waals surface area contributed by atoms with Gasteiger partial charge in [0.2, 0.25) is 0 Å². The Balaban J connectivity index is 2.59. The van der Waals surface area contributed by atoms with Crippen molar-refractivity contribution in [1.29, 1.82) is 0 Å². The Morgan fingerprint density at radius 1 is 1.47 bits per heavy atom. The van der Waals surface area contributed by atoms with Crippen molar-refractivity contribution in [1.82, 2.24) is 15.0 Å². The molecule has 0 aliphatic rings. The van der Waals surface area contributed by atoms with Crippen LogP contribution in [0.1, 0.15) is 19.5 Å². The van der Waals surface area contributed by atoms with E-state index in [0.717, 1.165) is 0 Å². The van der Waals surface area contributed by atoms with E-state index in [0.29, 0.717) is 5.69 Å². The van der Waals surface area contributed by atoms with E-state index in [1.807, 2.05) is 0 Å². The Bertz CT molecular complexity index is 632. The number of hydrogen-bond donors (Lipinski definition) is 1. The third-order valence-corrected chi connectivity index (χ3v) is 2.85. The van der Waals surface area contributed by atoms with Crippen molar-refractivity contribution in [2.24, 2.45) is 5.73 Å². The minimum absolute atomic E-state index is 0.140. The molecular formula is C11H12ClN5O2. The minimum atomic E-state index is -0.686. The summed E-state index contributed by atoms with van der Waals surface area (Å²) in [6.07, 6.45) is 1.54. The Morgan fingerprint density at radius 3 is 2.68 bits per heavy atom. The molecule has 0 aliphatic heterocycles. The first-order chi connectivity index (χ1) is 8.80. The number of aromatic nitrogens is 3. The summed E-state index contributed by atoms with van der Waals surface area (Å²) in [7, 11) is 0. The van der Waals surface area contributed by atoms with Gasteiger partial charge in [-0.1, -0.05) is 22.9 Å². The molecule has 0 atom stereocenters. The van der Waals surface area contributed by atoms with Crippen LogP contribution in [0.2, 0.25) is 5.02 Å². The zero-order chi connectivity index (χ0) is 14.2. The number of para-hydroxylation sites is 1. The van der Waals surface area contributed by atoms with Gasteiger partial charge in [-0.05, 0) is 19.9 Å². The number of rotatable bonds is 3. The van der Waals surface area contributed by atoms with Gasteiger partial charge in [-0.2, -0.15) is 0 Å². The van der Waals surface area contributed by atoms with Crippen LogP contribution in [0, 0.1) is 10.1 Å². The first-order valence-electron chi connectivity index (χ1n) is 5.45. The summed E-state index contributed by atoms with van der Waals surface area (Å²) < 4.78 is 1.27. The molecule has 0 saturated carbocycles. The average Bonchev–Trinajstić information content (AvgIpc) is 2.77. The molecule has 1 heterocycles. The first kappa shape index (κ1) is 13.4. The molecule has 0 fully saturated rings. The smallest absolute Gasteiger partial charge is 0.296 e. The van der Waals surface area contributed by atoms with Crippen LogP contribution in [0.3, 0.4) is 0 Å². The maximum absolute atomic E-state index is 11.0. The molecule has 0 saturated heterocycles. The van der Waals surface area contributed by atoms with E-state index >= 15 is 0 Å². The number of nitrogens with two attached hydrogens (primary N) is 1. The summed E-state index contributed by atoms with van der Waals surface area (Å²) in [5.74, 6) is 0. The summed E-state index contributed by atoms with van der Waals surface area (Å²) in [6.45, 7) is 3.53. The molecule has 0 aliphatic carbocycles. The lowest BCUT2D eigenvalue weighted by Crippen LogP contribution is -2.29. The van der Waals surface area contributed by atoms with E-state index in [-0.39, 0.29) is 16.4 Å². The van der Waals surface area contributed by atoms with Crippen LogP contribution in [0.15, 0.2) is 24.4 Å². The molecule has 0 amide bonds. The van der Waals surface area contributed by atoms with E-state index in [4.69, 9.17) is 17.3 Å². The molecule has 2 rings (SSSR count). The highest BCUT2D eigenvalue weighted by molar-refractivity contribution is 6.32. The highest BCUT2D eigenvalue weighted by Gasteiger charge is 2.23. The quantitative estimate of drug-likeness (QED) is 0.685. The molecule has 2 N–H and O–H groups in total. The Hall–Kier alpha value is -1.99. The van der Waals surface area contributed by atoms with Crippen LogP contribution in [0.5, 0.6) is 0 Å². The Kier molecular flexibility index (Phi) is 3.25. The topological polar surface area (TPSA) is 99.9 Å². The standard InChI is InChI=1S/C11H12ClN5O2/c1-11(2,13)9-6-16(15-14-9)10-7(12)4-3-5-8(10)17(18)19/h3-6H,13H2,1-2H3. The zero-order valence-corrected chi connectivity index (χ0v) is 11.1. The van der Waals surface area contributed by atoms with E-state index in [2.05, 4.69) is 10.3 Å². The number of nitro benzene ring substituents is 1. The van der Waals surface area contributed by atoms with Crippen molar-refractivity contribution in [2.75, 3.05) is 0 Å². The fourth-order valence-corrected chi connectivity index (χ4v) is 1.80. The lowest BCUT2D eigenvalue weighted by atomic mass is 10.0. The molecule has 7 nitrogen and oxygen atoms in total. The number of nitrogens with zero attached hydrogens (tertiary/aromatic N) is 4. The maximum Gasteiger partial charge on any atom is 0.296 e. The Labute approximate surface area is 114 Å². The van der Waals surface area contributed by atoms with Crippen LogP contribution in [0.25, 0.3) is 5.69 Å². The van der Waals surface area contributed by atoms with Gasteiger partial charge in [0.15, 0.2) is 5.69 Å². The number of hydrogen-bond acceptors (Lipinski definition) is 5. The maximum atomic E-state index is 11.0. The molecule has 1 aromatic heterocycles. The number of halogens is 1. The largest absolute Gasteiger partial charge is 0.320 e. The van der Waals surface area contributed by atoms with Crippen LogP contribution in [-0.2, 0) is 5.54 Å². The summed E-state index contributed by atoms with van der Waals surface area (Å²) in [5, 5.41) is 19.0. The van der Waals surface area contributed by atoms with E-state index in [1.165, 1.54) is 23.0 Å². The lowest BCUT2D eigenvalue weighted by Gasteiger charge is -2.13. The minimum Gasteiger partial charge on any atom is -0.320 e. The zero-order valence-electron chi connectivity index (χ0n) is 10.4. The predicted molar refractivity (Wildman–Crippen MR) is 70.2 cm³/mol. The van der Waals surface area contributed by atoms with Crippen molar-refractivity contribution in [3.05, 3.63) is 45.2 Å². The van der Waals surface area contributed by atoms with Crippen molar-refractivity contribution in [3.63, 3.8) is 0 Å². The molecule has 100 valence electrons. The lowest BCUT2D eigenvalue weighted by molar-refractivity contribution is -0.384. The highest BCUT2D eigenvalue weighted by atomic mass is 35.5. The summed E-state index contributed by atoms with van der Waals surface area (Å²) in [6, 6.07) is 4.42. The average molecular weight is 282 g/mol. The van der Waals surface area contributed by atoms with Gasteiger partial charge >= 0.3 is 0 Å². The second-order valence-electron chi connectivity index (χ2n) is 4.63. The normalized spacial score (nSPS) is 11.6. The first-order valence-corrected chi connectivity index (χ1v) is 5.83. The second kappa shape index (κ2) is 4.60. The van der Waals surface area contributed by atoms with Crippen LogP contribution in [-0.4, -0.2) is 19.9 Å². The molecule has 0 unspecified atom stereocenters.